The maximum atomic E-state index is 12.3. The van der Waals surface area contributed by atoms with Crippen LogP contribution in [0.2, 0.25) is 10.0 Å². The minimum Gasteiger partial charge on any atom is -0.457 e. The highest BCUT2D eigenvalue weighted by atomic mass is 35.5. The van der Waals surface area contributed by atoms with Gasteiger partial charge in [0, 0.05) is 17.4 Å². The molecule has 1 aromatic rings. The monoisotopic (exact) mass is 368 g/mol. The van der Waals surface area contributed by atoms with Gasteiger partial charge >= 0.3 is 5.97 Å². The van der Waals surface area contributed by atoms with Crippen LogP contribution in [0.25, 0.3) is 0 Å². The molecule has 2 saturated carbocycles. The number of rotatable bonds is 4. The molecule has 0 aromatic heterocycles. The van der Waals surface area contributed by atoms with Gasteiger partial charge in [-0.25, -0.2) is 0 Å². The van der Waals surface area contributed by atoms with Gasteiger partial charge in [-0.1, -0.05) is 29.6 Å². The van der Waals surface area contributed by atoms with Crippen molar-refractivity contribution in [3.63, 3.8) is 0 Å². The first-order chi connectivity index (χ1) is 11.5. The van der Waals surface area contributed by atoms with Crippen molar-refractivity contribution in [1.82, 2.24) is 0 Å². The summed E-state index contributed by atoms with van der Waals surface area (Å²) in [4.78, 5) is 36.4. The van der Waals surface area contributed by atoms with E-state index < -0.39 is 0 Å². The summed E-state index contributed by atoms with van der Waals surface area (Å²) in [6.45, 7) is -0.323. The molecule has 6 heteroatoms. The van der Waals surface area contributed by atoms with Gasteiger partial charge in [0.1, 0.15) is 5.78 Å². The van der Waals surface area contributed by atoms with E-state index in [0.717, 1.165) is 19.3 Å². The summed E-state index contributed by atoms with van der Waals surface area (Å²) in [5.41, 5.74) is 0.355. The van der Waals surface area contributed by atoms with Crippen molar-refractivity contribution in [3.05, 3.63) is 33.8 Å². The Hall–Kier alpha value is -1.39. The summed E-state index contributed by atoms with van der Waals surface area (Å²) in [6.07, 6.45) is 3.88. The van der Waals surface area contributed by atoms with E-state index in [2.05, 4.69) is 0 Å². The largest absolute Gasteiger partial charge is 0.457 e. The van der Waals surface area contributed by atoms with E-state index in [-0.39, 0.29) is 41.1 Å². The number of carbonyl (C=O) groups excluding carboxylic acids is 3. The predicted molar refractivity (Wildman–Crippen MR) is 90.3 cm³/mol. The van der Waals surface area contributed by atoms with E-state index in [9.17, 15) is 14.4 Å². The zero-order valence-electron chi connectivity index (χ0n) is 13.1. The number of ketones is 2. The lowest BCUT2D eigenvalue weighted by molar-refractivity contribution is -0.152. The van der Waals surface area contributed by atoms with Crippen LogP contribution in [0.15, 0.2) is 18.2 Å². The molecule has 0 heterocycles. The molecule has 0 saturated heterocycles. The maximum absolute atomic E-state index is 12.3. The molecule has 0 amide bonds. The van der Waals surface area contributed by atoms with Gasteiger partial charge in [0.15, 0.2) is 12.4 Å². The summed E-state index contributed by atoms with van der Waals surface area (Å²) < 4.78 is 5.19. The summed E-state index contributed by atoms with van der Waals surface area (Å²) in [5, 5.41) is 0.649. The van der Waals surface area contributed by atoms with Gasteiger partial charge in [0.05, 0.1) is 16.0 Å². The Morgan fingerprint density at radius 3 is 2.38 bits per heavy atom. The number of fused-ring (bicyclic) bond motifs is 2. The van der Waals surface area contributed by atoms with E-state index in [1.807, 2.05) is 0 Å². The topological polar surface area (TPSA) is 60.4 Å². The van der Waals surface area contributed by atoms with Crippen LogP contribution in [0.3, 0.4) is 0 Å². The average molecular weight is 369 g/mol. The molecule has 0 N–H and O–H groups in total. The van der Waals surface area contributed by atoms with E-state index in [1.165, 1.54) is 12.1 Å². The molecule has 2 fully saturated rings. The number of benzene rings is 1. The lowest BCUT2D eigenvalue weighted by atomic mass is 9.67. The third kappa shape index (κ3) is 3.65. The second kappa shape index (κ2) is 7.24. The Morgan fingerprint density at radius 2 is 1.75 bits per heavy atom. The smallest absolute Gasteiger partial charge is 0.309 e. The molecule has 3 rings (SSSR count). The molecule has 0 radical (unpaired) electrons. The fraction of sp³-hybridized carbons (Fsp3) is 0.500. The normalized spacial score (nSPS) is 26.1. The average Bonchev–Trinajstić information content (AvgIpc) is 2.54. The fourth-order valence-electron chi connectivity index (χ4n) is 3.68. The van der Waals surface area contributed by atoms with E-state index in [4.69, 9.17) is 27.9 Å². The van der Waals surface area contributed by atoms with Crippen molar-refractivity contribution in [1.29, 1.82) is 0 Å². The lowest BCUT2D eigenvalue weighted by Crippen LogP contribution is -2.39. The molecule has 0 aliphatic heterocycles. The quantitative estimate of drug-likeness (QED) is 0.592. The zero-order chi connectivity index (χ0) is 17.3. The van der Waals surface area contributed by atoms with Crippen LogP contribution >= 0.6 is 23.2 Å². The summed E-state index contributed by atoms with van der Waals surface area (Å²) in [5.74, 6) is -0.708. The van der Waals surface area contributed by atoms with Gasteiger partial charge in [-0.2, -0.15) is 0 Å². The second-order valence-electron chi connectivity index (χ2n) is 6.56. The van der Waals surface area contributed by atoms with Crippen LogP contribution in [0.4, 0.5) is 0 Å². The first-order valence-electron chi connectivity index (χ1n) is 8.14. The van der Waals surface area contributed by atoms with Gasteiger partial charge in [-0.3, -0.25) is 14.4 Å². The second-order valence-corrected chi connectivity index (χ2v) is 7.37. The molecule has 24 heavy (non-hydrogen) atoms. The Balaban J connectivity index is 1.56. The number of halogens is 2. The number of hydrogen-bond donors (Lipinski definition) is 0. The molecule has 2 bridgehead atoms. The summed E-state index contributed by atoms with van der Waals surface area (Å²) in [7, 11) is 0. The van der Waals surface area contributed by atoms with Crippen molar-refractivity contribution in [2.45, 2.75) is 32.1 Å². The molecular weight excluding hydrogens is 351 g/mol. The summed E-state index contributed by atoms with van der Waals surface area (Å²) >= 11 is 11.7. The fourth-order valence-corrected chi connectivity index (χ4v) is 3.98. The van der Waals surface area contributed by atoms with Crippen molar-refractivity contribution in [2.75, 3.05) is 6.61 Å². The minimum atomic E-state index is -0.382. The van der Waals surface area contributed by atoms with Gasteiger partial charge in [-0.05, 0) is 43.9 Å². The first kappa shape index (κ1) is 17.4. The SMILES string of the molecule is O=C(COC(=O)C1CC2CCCC(C1)C2=O)c1ccc(Cl)c(Cl)c1. The third-order valence-corrected chi connectivity index (χ3v) is 5.71. The molecule has 2 unspecified atom stereocenters. The molecule has 2 aliphatic rings. The minimum absolute atomic E-state index is 0.0131. The van der Waals surface area contributed by atoms with E-state index in [0.29, 0.717) is 29.2 Å². The number of carbonyl (C=O) groups is 3. The van der Waals surface area contributed by atoms with E-state index in [1.54, 1.807) is 6.07 Å². The Morgan fingerprint density at radius 1 is 1.08 bits per heavy atom. The molecule has 2 aliphatic carbocycles. The molecule has 2 atom stereocenters. The van der Waals surface area contributed by atoms with Gasteiger partial charge in [0.25, 0.3) is 0 Å². The Bertz CT molecular complexity index is 670. The molecule has 128 valence electrons. The maximum Gasteiger partial charge on any atom is 0.309 e. The number of hydrogen-bond acceptors (Lipinski definition) is 4. The molecule has 0 spiro atoms. The van der Waals surface area contributed by atoms with Crippen LogP contribution in [0, 0.1) is 17.8 Å². The van der Waals surface area contributed by atoms with Crippen LogP contribution in [-0.4, -0.2) is 24.1 Å². The molecule has 1 aromatic carbocycles. The van der Waals surface area contributed by atoms with Crippen molar-refractivity contribution in [3.8, 4) is 0 Å². The predicted octanol–water partition coefficient (Wildman–Crippen LogP) is 4.11. The number of Topliss-reactive ketones (excluding diaryl/α,β-unsaturated/α-hetero) is 2. The van der Waals surface area contributed by atoms with E-state index >= 15 is 0 Å². The van der Waals surface area contributed by atoms with Crippen LogP contribution in [0.1, 0.15) is 42.5 Å². The molecule has 4 nitrogen and oxygen atoms in total. The van der Waals surface area contributed by atoms with Crippen molar-refractivity contribution < 1.29 is 19.1 Å². The van der Waals surface area contributed by atoms with Crippen LogP contribution < -0.4 is 0 Å². The van der Waals surface area contributed by atoms with Gasteiger partial charge < -0.3 is 4.74 Å². The summed E-state index contributed by atoms with van der Waals surface area (Å²) in [6, 6.07) is 4.55. The number of esters is 1. The Kier molecular flexibility index (Phi) is 5.26. The third-order valence-electron chi connectivity index (χ3n) is 4.97. The van der Waals surface area contributed by atoms with Crippen LogP contribution in [-0.2, 0) is 14.3 Å². The number of ether oxygens (including phenoxy) is 1. The standard InChI is InChI=1S/C18H18Cl2O4/c19-14-5-4-10(8-15(14)20)16(21)9-24-18(23)13-6-11-2-1-3-12(7-13)17(11)22/h4-5,8,11-13H,1-3,6-7,9H2. The van der Waals surface area contributed by atoms with Crippen molar-refractivity contribution in [2.24, 2.45) is 17.8 Å². The zero-order valence-corrected chi connectivity index (χ0v) is 14.6. The highest BCUT2D eigenvalue weighted by Crippen LogP contribution is 2.40. The molecular formula is C18H18Cl2O4. The van der Waals surface area contributed by atoms with Gasteiger partial charge in [0.2, 0.25) is 0 Å². The highest BCUT2D eigenvalue weighted by molar-refractivity contribution is 6.42. The lowest BCUT2D eigenvalue weighted by Gasteiger charge is -2.36. The highest BCUT2D eigenvalue weighted by Gasteiger charge is 2.41. The van der Waals surface area contributed by atoms with Gasteiger partial charge in [-0.15, -0.1) is 0 Å². The van der Waals surface area contributed by atoms with Crippen LogP contribution in [0.5, 0.6) is 0 Å². The van der Waals surface area contributed by atoms with Crippen molar-refractivity contribution >= 4 is 40.7 Å². The first-order valence-corrected chi connectivity index (χ1v) is 8.90. The Labute approximate surface area is 150 Å².